The molecule has 1 aromatic heterocycles. The van der Waals surface area contributed by atoms with Crippen LogP contribution >= 0.6 is 0 Å². The lowest BCUT2D eigenvalue weighted by Gasteiger charge is -2.27. The number of carbonyl (C=O) groups excluding carboxylic acids is 1. The normalized spacial score (nSPS) is 15.1. The number of para-hydroxylation sites is 1. The van der Waals surface area contributed by atoms with Gasteiger partial charge in [0.2, 0.25) is 5.91 Å². The molecule has 1 aromatic carbocycles. The Hall–Kier alpha value is -2.40. The summed E-state index contributed by atoms with van der Waals surface area (Å²) in [7, 11) is 1.67. The molecule has 5 nitrogen and oxygen atoms in total. The summed E-state index contributed by atoms with van der Waals surface area (Å²) in [6.07, 6.45) is 8.49. The zero-order valence-corrected chi connectivity index (χ0v) is 16.1. The van der Waals surface area contributed by atoms with Gasteiger partial charge in [-0.2, -0.15) is 0 Å². The molecule has 1 aliphatic heterocycles. The van der Waals surface area contributed by atoms with Crippen molar-refractivity contribution in [3.8, 4) is 5.75 Å². The molecule has 0 radical (unpaired) electrons. The molecule has 144 valence electrons. The van der Waals surface area contributed by atoms with Gasteiger partial charge in [0.1, 0.15) is 5.75 Å². The Morgan fingerprint density at radius 3 is 2.56 bits per heavy atom. The number of methoxy groups -OCH3 is 1. The molecule has 1 fully saturated rings. The molecule has 2 aromatic rings. The van der Waals surface area contributed by atoms with Crippen molar-refractivity contribution < 1.29 is 9.53 Å². The van der Waals surface area contributed by atoms with Crippen molar-refractivity contribution >= 4 is 5.91 Å². The van der Waals surface area contributed by atoms with E-state index in [4.69, 9.17) is 4.74 Å². The van der Waals surface area contributed by atoms with Crippen molar-refractivity contribution in [3.05, 3.63) is 59.9 Å². The lowest BCUT2D eigenvalue weighted by molar-refractivity contribution is -0.133. The van der Waals surface area contributed by atoms with E-state index in [1.165, 1.54) is 25.7 Å². The summed E-state index contributed by atoms with van der Waals surface area (Å²) in [6, 6.07) is 11.8. The topological polar surface area (TPSA) is 45.7 Å². The molecular formula is C22H29N3O2. The minimum absolute atomic E-state index is 0.159. The lowest BCUT2D eigenvalue weighted by Crippen LogP contribution is -2.40. The quantitative estimate of drug-likeness (QED) is 0.751. The predicted molar refractivity (Wildman–Crippen MR) is 106 cm³/mol. The van der Waals surface area contributed by atoms with Crippen molar-refractivity contribution in [1.29, 1.82) is 0 Å². The number of likely N-dealkylation sites (tertiary alicyclic amines) is 1. The third-order valence-corrected chi connectivity index (χ3v) is 5.06. The maximum atomic E-state index is 13.2. The van der Waals surface area contributed by atoms with Gasteiger partial charge in [-0.05, 0) is 43.6 Å². The molecule has 0 bridgehead atoms. The highest BCUT2D eigenvalue weighted by molar-refractivity contribution is 5.78. The van der Waals surface area contributed by atoms with Crippen LogP contribution in [0.4, 0.5) is 0 Å². The van der Waals surface area contributed by atoms with E-state index in [1.807, 2.05) is 47.5 Å². The minimum atomic E-state index is 0.159. The molecule has 0 unspecified atom stereocenters. The minimum Gasteiger partial charge on any atom is -0.496 e. The third kappa shape index (κ3) is 5.79. The summed E-state index contributed by atoms with van der Waals surface area (Å²) in [6.45, 7) is 3.60. The highest BCUT2D eigenvalue weighted by Crippen LogP contribution is 2.21. The Bertz CT molecular complexity index is 713. The number of nitrogens with zero attached hydrogens (tertiary/aromatic N) is 3. The van der Waals surface area contributed by atoms with Gasteiger partial charge in [-0.3, -0.25) is 14.7 Å². The molecule has 3 rings (SSSR count). The van der Waals surface area contributed by atoms with Gasteiger partial charge in [0.05, 0.1) is 13.7 Å². The Labute approximate surface area is 162 Å². The summed E-state index contributed by atoms with van der Waals surface area (Å²) >= 11 is 0. The zero-order chi connectivity index (χ0) is 18.9. The number of rotatable bonds is 7. The average Bonchev–Trinajstić information content (AvgIpc) is 2.97. The van der Waals surface area contributed by atoms with Crippen LogP contribution in [0.3, 0.4) is 0 Å². The Morgan fingerprint density at radius 1 is 1.07 bits per heavy atom. The molecule has 1 amide bonds. The molecule has 5 heteroatoms. The fourth-order valence-corrected chi connectivity index (χ4v) is 3.57. The van der Waals surface area contributed by atoms with E-state index in [2.05, 4.69) is 9.88 Å². The highest BCUT2D eigenvalue weighted by Gasteiger charge is 2.20. The molecule has 0 saturated carbocycles. The molecular weight excluding hydrogens is 338 g/mol. The summed E-state index contributed by atoms with van der Waals surface area (Å²) < 4.78 is 5.48. The van der Waals surface area contributed by atoms with Gasteiger partial charge in [-0.1, -0.05) is 37.1 Å². The monoisotopic (exact) mass is 367 g/mol. The van der Waals surface area contributed by atoms with Gasteiger partial charge in [0.15, 0.2) is 0 Å². The van der Waals surface area contributed by atoms with Gasteiger partial charge >= 0.3 is 0 Å². The molecule has 1 saturated heterocycles. The van der Waals surface area contributed by atoms with Crippen molar-refractivity contribution in [3.63, 3.8) is 0 Å². The van der Waals surface area contributed by atoms with Crippen LogP contribution in [-0.2, 0) is 17.9 Å². The highest BCUT2D eigenvalue weighted by atomic mass is 16.5. The lowest BCUT2D eigenvalue weighted by atomic mass is 10.1. The fraction of sp³-hybridized carbons (Fsp3) is 0.455. The second-order valence-corrected chi connectivity index (χ2v) is 7.11. The Morgan fingerprint density at radius 2 is 1.85 bits per heavy atom. The van der Waals surface area contributed by atoms with Gasteiger partial charge in [0, 0.05) is 31.0 Å². The van der Waals surface area contributed by atoms with Gasteiger partial charge in [-0.15, -0.1) is 0 Å². The standard InChI is InChI=1S/C22H29N3O2/c1-27-21-11-5-4-10-20(21)17-25(16-19-9-8-12-23-15-19)22(26)18-24-13-6-2-3-7-14-24/h4-5,8-12,15H,2-3,6-7,13-14,16-18H2,1H3. The number of hydrogen-bond donors (Lipinski definition) is 0. The van der Waals surface area contributed by atoms with E-state index in [1.54, 1.807) is 13.3 Å². The number of amides is 1. The fourth-order valence-electron chi connectivity index (χ4n) is 3.57. The SMILES string of the molecule is COc1ccccc1CN(Cc1cccnc1)C(=O)CN1CCCCCC1. The molecule has 0 atom stereocenters. The van der Waals surface area contributed by atoms with Crippen molar-refractivity contribution in [2.75, 3.05) is 26.7 Å². The number of pyridine rings is 1. The molecule has 0 aliphatic carbocycles. The van der Waals surface area contributed by atoms with Gasteiger partial charge in [-0.25, -0.2) is 0 Å². The largest absolute Gasteiger partial charge is 0.496 e. The van der Waals surface area contributed by atoms with Crippen LogP contribution < -0.4 is 4.74 Å². The molecule has 0 spiro atoms. The van der Waals surface area contributed by atoms with Crippen LogP contribution in [0.1, 0.15) is 36.8 Å². The second-order valence-electron chi connectivity index (χ2n) is 7.11. The molecule has 2 heterocycles. The first-order chi connectivity index (χ1) is 13.3. The van der Waals surface area contributed by atoms with Crippen LogP contribution in [-0.4, -0.2) is 47.4 Å². The number of aromatic nitrogens is 1. The van der Waals surface area contributed by atoms with Crippen LogP contribution in [0, 0.1) is 0 Å². The summed E-state index contributed by atoms with van der Waals surface area (Å²) in [5.74, 6) is 0.975. The van der Waals surface area contributed by atoms with Crippen molar-refractivity contribution in [1.82, 2.24) is 14.8 Å². The van der Waals surface area contributed by atoms with Gasteiger partial charge < -0.3 is 9.64 Å². The second kappa shape index (κ2) is 10.1. The van der Waals surface area contributed by atoms with Crippen molar-refractivity contribution in [2.45, 2.75) is 38.8 Å². The Balaban J connectivity index is 1.74. The van der Waals surface area contributed by atoms with E-state index in [0.717, 1.165) is 30.0 Å². The third-order valence-electron chi connectivity index (χ3n) is 5.06. The number of carbonyl (C=O) groups is 1. The molecule has 27 heavy (non-hydrogen) atoms. The van der Waals surface area contributed by atoms with Crippen LogP contribution in [0.2, 0.25) is 0 Å². The van der Waals surface area contributed by atoms with E-state index >= 15 is 0 Å². The first kappa shape index (κ1) is 19.4. The maximum Gasteiger partial charge on any atom is 0.237 e. The average molecular weight is 367 g/mol. The summed E-state index contributed by atoms with van der Waals surface area (Å²) in [5, 5.41) is 0. The molecule has 1 aliphatic rings. The van der Waals surface area contributed by atoms with Crippen LogP contribution in [0.25, 0.3) is 0 Å². The van der Waals surface area contributed by atoms with E-state index < -0.39 is 0 Å². The number of hydrogen-bond acceptors (Lipinski definition) is 4. The predicted octanol–water partition coefficient (Wildman–Crippen LogP) is 3.50. The number of ether oxygens (including phenoxy) is 1. The summed E-state index contributed by atoms with van der Waals surface area (Å²) in [5.41, 5.74) is 2.06. The molecule has 0 N–H and O–H groups in total. The Kier molecular flexibility index (Phi) is 7.22. The van der Waals surface area contributed by atoms with E-state index in [-0.39, 0.29) is 5.91 Å². The van der Waals surface area contributed by atoms with E-state index in [0.29, 0.717) is 19.6 Å². The smallest absolute Gasteiger partial charge is 0.237 e. The maximum absolute atomic E-state index is 13.2. The van der Waals surface area contributed by atoms with Crippen LogP contribution in [0.15, 0.2) is 48.8 Å². The number of benzene rings is 1. The van der Waals surface area contributed by atoms with E-state index in [9.17, 15) is 4.79 Å². The van der Waals surface area contributed by atoms with Crippen molar-refractivity contribution in [2.24, 2.45) is 0 Å². The first-order valence-corrected chi connectivity index (χ1v) is 9.77. The van der Waals surface area contributed by atoms with Crippen LogP contribution in [0.5, 0.6) is 5.75 Å². The first-order valence-electron chi connectivity index (χ1n) is 9.77. The zero-order valence-electron chi connectivity index (χ0n) is 16.1. The summed E-state index contributed by atoms with van der Waals surface area (Å²) in [4.78, 5) is 21.6. The van der Waals surface area contributed by atoms with Gasteiger partial charge in [0.25, 0.3) is 0 Å².